The van der Waals surface area contributed by atoms with Gasteiger partial charge in [-0.2, -0.15) is 0 Å². The summed E-state index contributed by atoms with van der Waals surface area (Å²) in [5, 5.41) is 0. The maximum absolute atomic E-state index is 5.53. The molecule has 1 saturated heterocycles. The molecule has 1 aliphatic heterocycles. The van der Waals surface area contributed by atoms with E-state index in [4.69, 9.17) is 4.74 Å². The summed E-state index contributed by atoms with van der Waals surface area (Å²) in [5.74, 6) is 0. The monoisotopic (exact) mass is 192 g/mol. The highest BCUT2D eigenvalue weighted by Gasteiger charge is 2.21. The number of ether oxygens (including phenoxy) is 1. The van der Waals surface area contributed by atoms with Crippen LogP contribution < -0.4 is 0 Å². The number of hydrogen-bond acceptors (Lipinski definition) is 1. The molecule has 1 aliphatic rings. The number of alkyl halides is 1. The Balaban J connectivity index is 2.34. The van der Waals surface area contributed by atoms with E-state index in [0.29, 0.717) is 17.0 Å². The van der Waals surface area contributed by atoms with E-state index < -0.39 is 0 Å². The predicted molar refractivity (Wildman–Crippen MR) is 42.0 cm³/mol. The van der Waals surface area contributed by atoms with Crippen LogP contribution in [0.3, 0.4) is 0 Å². The third kappa shape index (κ3) is 2.26. The maximum Gasteiger partial charge on any atom is 0.0561 e. The number of hydrogen-bond donors (Lipinski definition) is 0. The van der Waals surface area contributed by atoms with Gasteiger partial charge in [-0.15, -0.1) is 0 Å². The average Bonchev–Trinajstić information content (AvgIpc) is 1.59. The lowest BCUT2D eigenvalue weighted by atomic mass is 10.1. The van der Waals surface area contributed by atoms with E-state index >= 15 is 0 Å². The van der Waals surface area contributed by atoms with Crippen LogP contribution >= 0.6 is 15.9 Å². The molecule has 0 aromatic heterocycles. The van der Waals surface area contributed by atoms with Crippen LogP contribution in [0.5, 0.6) is 0 Å². The van der Waals surface area contributed by atoms with Crippen LogP contribution in [0.4, 0.5) is 0 Å². The molecule has 2 atom stereocenters. The summed E-state index contributed by atoms with van der Waals surface area (Å²) < 4.78 is 5.53. The normalized spacial score (nSPS) is 45.0. The van der Waals surface area contributed by atoms with E-state index in [1.165, 1.54) is 0 Å². The third-order valence-electron chi connectivity index (χ3n) is 1.64. The molecule has 1 fully saturated rings. The maximum atomic E-state index is 5.53. The number of halogens is 1. The van der Waals surface area contributed by atoms with Crippen molar-refractivity contribution in [3.8, 4) is 0 Å². The van der Waals surface area contributed by atoms with Crippen molar-refractivity contribution in [1.82, 2.24) is 0 Å². The molecular formula is C7H13BrO. The molecule has 2 unspecified atom stereocenters. The fourth-order valence-electron chi connectivity index (χ4n) is 1.32. The van der Waals surface area contributed by atoms with Crippen molar-refractivity contribution in [3.05, 3.63) is 0 Å². The molecule has 0 N–H and O–H groups in total. The van der Waals surface area contributed by atoms with Gasteiger partial charge >= 0.3 is 0 Å². The van der Waals surface area contributed by atoms with Crippen molar-refractivity contribution in [3.63, 3.8) is 0 Å². The summed E-state index contributed by atoms with van der Waals surface area (Å²) in [6, 6.07) is 0. The molecule has 9 heavy (non-hydrogen) atoms. The van der Waals surface area contributed by atoms with Gasteiger partial charge in [0.1, 0.15) is 0 Å². The van der Waals surface area contributed by atoms with E-state index in [9.17, 15) is 0 Å². The van der Waals surface area contributed by atoms with Crippen molar-refractivity contribution in [2.45, 2.75) is 43.7 Å². The Bertz CT molecular complexity index is 69.9. The van der Waals surface area contributed by atoms with E-state index in [-0.39, 0.29) is 0 Å². The highest BCUT2D eigenvalue weighted by Crippen LogP contribution is 2.24. The minimum absolute atomic E-state index is 0.443. The van der Waals surface area contributed by atoms with Crippen LogP contribution in [0.2, 0.25) is 0 Å². The first-order valence-corrected chi connectivity index (χ1v) is 4.39. The van der Waals surface area contributed by atoms with Gasteiger partial charge in [-0.05, 0) is 26.7 Å². The molecule has 0 bridgehead atoms. The Morgan fingerprint density at radius 1 is 1.22 bits per heavy atom. The zero-order valence-corrected chi connectivity index (χ0v) is 7.52. The van der Waals surface area contributed by atoms with Crippen LogP contribution in [0, 0.1) is 0 Å². The largest absolute Gasteiger partial charge is 0.375 e. The average molecular weight is 193 g/mol. The second-order valence-electron chi connectivity index (χ2n) is 2.83. The first-order chi connectivity index (χ1) is 4.18. The Kier molecular flexibility index (Phi) is 2.53. The number of rotatable bonds is 0. The minimum Gasteiger partial charge on any atom is -0.375 e. The Morgan fingerprint density at radius 2 is 1.67 bits per heavy atom. The summed E-state index contributed by atoms with van der Waals surface area (Å²) in [6.45, 7) is 4.26. The quantitative estimate of drug-likeness (QED) is 0.536. The Morgan fingerprint density at radius 3 is 2.00 bits per heavy atom. The van der Waals surface area contributed by atoms with Crippen molar-refractivity contribution >= 4 is 15.9 Å². The molecule has 54 valence electrons. The van der Waals surface area contributed by atoms with Crippen LogP contribution in [-0.2, 0) is 4.74 Å². The van der Waals surface area contributed by atoms with Crippen molar-refractivity contribution in [2.75, 3.05) is 0 Å². The Labute approximate surface area is 64.9 Å². The van der Waals surface area contributed by atoms with Crippen LogP contribution in [-0.4, -0.2) is 17.0 Å². The lowest BCUT2D eigenvalue weighted by Gasteiger charge is -2.28. The van der Waals surface area contributed by atoms with Crippen molar-refractivity contribution < 1.29 is 4.74 Å². The van der Waals surface area contributed by atoms with E-state index in [2.05, 4.69) is 29.8 Å². The zero-order valence-electron chi connectivity index (χ0n) is 5.93. The van der Waals surface area contributed by atoms with Gasteiger partial charge in [0.25, 0.3) is 0 Å². The molecule has 1 heterocycles. The van der Waals surface area contributed by atoms with Gasteiger partial charge in [0.05, 0.1) is 12.2 Å². The van der Waals surface area contributed by atoms with Gasteiger partial charge in [0, 0.05) is 4.83 Å². The first kappa shape index (κ1) is 7.55. The van der Waals surface area contributed by atoms with Gasteiger partial charge < -0.3 is 4.74 Å². The van der Waals surface area contributed by atoms with E-state index in [1.807, 2.05) is 0 Å². The molecule has 0 aromatic carbocycles. The van der Waals surface area contributed by atoms with E-state index in [1.54, 1.807) is 0 Å². The summed E-state index contributed by atoms with van der Waals surface area (Å²) in [4.78, 5) is 0.677. The molecule has 0 spiro atoms. The highest BCUT2D eigenvalue weighted by atomic mass is 79.9. The minimum atomic E-state index is 0.443. The topological polar surface area (TPSA) is 9.23 Å². The third-order valence-corrected chi connectivity index (χ3v) is 2.39. The molecule has 1 rings (SSSR count). The molecule has 0 radical (unpaired) electrons. The summed E-state index contributed by atoms with van der Waals surface area (Å²) in [6.07, 6.45) is 3.20. The molecule has 0 aliphatic carbocycles. The molecule has 1 nitrogen and oxygen atoms in total. The van der Waals surface area contributed by atoms with Crippen LogP contribution in [0.15, 0.2) is 0 Å². The molecule has 2 heteroatoms. The van der Waals surface area contributed by atoms with Crippen LogP contribution in [0.1, 0.15) is 26.7 Å². The fourth-order valence-corrected chi connectivity index (χ4v) is 2.38. The standard InChI is InChI=1S/C7H13BrO/c1-5-3-7(8)4-6(2)9-5/h5-7H,3-4H2,1-2H3. The predicted octanol–water partition coefficient (Wildman–Crippen LogP) is 2.34. The smallest absolute Gasteiger partial charge is 0.0561 e. The first-order valence-electron chi connectivity index (χ1n) is 3.48. The highest BCUT2D eigenvalue weighted by molar-refractivity contribution is 9.09. The van der Waals surface area contributed by atoms with Gasteiger partial charge in [-0.3, -0.25) is 0 Å². The zero-order chi connectivity index (χ0) is 6.85. The second kappa shape index (κ2) is 3.02. The lowest BCUT2D eigenvalue weighted by molar-refractivity contribution is -0.0257. The summed E-state index contributed by atoms with van der Waals surface area (Å²) in [7, 11) is 0. The van der Waals surface area contributed by atoms with E-state index in [0.717, 1.165) is 12.8 Å². The van der Waals surface area contributed by atoms with Gasteiger partial charge in [-0.1, -0.05) is 15.9 Å². The Hall–Kier alpha value is 0.440. The van der Waals surface area contributed by atoms with Crippen molar-refractivity contribution in [1.29, 1.82) is 0 Å². The second-order valence-corrected chi connectivity index (χ2v) is 4.12. The molecular weight excluding hydrogens is 180 g/mol. The van der Waals surface area contributed by atoms with Gasteiger partial charge in [0.15, 0.2) is 0 Å². The van der Waals surface area contributed by atoms with Gasteiger partial charge in [-0.25, -0.2) is 0 Å². The SMILES string of the molecule is CC1CC(Br)CC(C)O1. The van der Waals surface area contributed by atoms with Crippen molar-refractivity contribution in [2.24, 2.45) is 0 Å². The molecule has 0 aromatic rings. The van der Waals surface area contributed by atoms with Gasteiger partial charge in [0.2, 0.25) is 0 Å². The molecule has 0 amide bonds. The lowest BCUT2D eigenvalue weighted by Crippen LogP contribution is -2.29. The molecule has 0 saturated carbocycles. The summed E-state index contributed by atoms with van der Waals surface area (Å²) in [5.41, 5.74) is 0. The summed E-state index contributed by atoms with van der Waals surface area (Å²) >= 11 is 3.59. The van der Waals surface area contributed by atoms with Crippen LogP contribution in [0.25, 0.3) is 0 Å². The fraction of sp³-hybridized carbons (Fsp3) is 1.00.